The summed E-state index contributed by atoms with van der Waals surface area (Å²) in [6.07, 6.45) is 0. The van der Waals surface area contributed by atoms with Gasteiger partial charge in [0, 0.05) is 5.56 Å². The first-order chi connectivity index (χ1) is 16.6. The average Bonchev–Trinajstić information content (AvgIpc) is 3.24. The van der Waals surface area contributed by atoms with Gasteiger partial charge in [0.05, 0.1) is 37.3 Å². The van der Waals surface area contributed by atoms with Gasteiger partial charge in [-0.05, 0) is 62.4 Å². The molecule has 1 unspecified atom stereocenters. The van der Waals surface area contributed by atoms with Crippen molar-refractivity contribution >= 4 is 16.9 Å². The summed E-state index contributed by atoms with van der Waals surface area (Å²) in [7, 11) is 1.60. The number of ether oxygens (including phenoxy) is 3. The smallest absolute Gasteiger partial charge is 0.251 e. The summed E-state index contributed by atoms with van der Waals surface area (Å²) in [5.74, 6) is 2.73. The van der Waals surface area contributed by atoms with E-state index >= 15 is 0 Å². The lowest BCUT2D eigenvalue weighted by molar-refractivity contribution is 0.0937. The van der Waals surface area contributed by atoms with E-state index in [-0.39, 0.29) is 11.9 Å². The van der Waals surface area contributed by atoms with Crippen molar-refractivity contribution < 1.29 is 19.0 Å². The Morgan fingerprint density at radius 2 is 1.65 bits per heavy atom. The summed E-state index contributed by atoms with van der Waals surface area (Å²) in [4.78, 5) is 17.6. The maximum atomic E-state index is 12.8. The van der Waals surface area contributed by atoms with E-state index in [0.717, 1.165) is 22.6 Å². The number of fused-ring (bicyclic) bond motifs is 1. The molecule has 0 aliphatic carbocycles. The fraction of sp³-hybridized carbons (Fsp3) is 0.259. The normalized spacial score (nSPS) is 11.7. The molecule has 34 heavy (non-hydrogen) atoms. The van der Waals surface area contributed by atoms with Gasteiger partial charge >= 0.3 is 0 Å². The molecule has 7 nitrogen and oxygen atoms in total. The first kappa shape index (κ1) is 23.2. The molecule has 1 aromatic heterocycles. The first-order valence-corrected chi connectivity index (χ1v) is 11.4. The van der Waals surface area contributed by atoms with Crippen molar-refractivity contribution in [2.75, 3.05) is 20.3 Å². The molecule has 4 rings (SSSR count). The highest BCUT2D eigenvalue weighted by atomic mass is 16.5. The Bertz CT molecular complexity index is 1250. The van der Waals surface area contributed by atoms with Gasteiger partial charge in [-0.2, -0.15) is 0 Å². The molecule has 0 bridgehead atoms. The summed E-state index contributed by atoms with van der Waals surface area (Å²) < 4.78 is 19.0. The van der Waals surface area contributed by atoms with Gasteiger partial charge < -0.3 is 24.1 Å². The average molecular weight is 460 g/mol. The molecule has 0 saturated carbocycles. The summed E-state index contributed by atoms with van der Waals surface area (Å²) in [6, 6.07) is 22.3. The Balaban J connectivity index is 1.52. The molecule has 0 aliphatic rings. The van der Waals surface area contributed by atoms with Gasteiger partial charge in [0.15, 0.2) is 11.5 Å². The minimum absolute atomic E-state index is 0.171. The molecule has 0 aliphatic heterocycles. The van der Waals surface area contributed by atoms with Crippen molar-refractivity contribution in [3.8, 4) is 17.2 Å². The van der Waals surface area contributed by atoms with E-state index in [1.165, 1.54) is 0 Å². The second-order valence-corrected chi connectivity index (χ2v) is 7.76. The molecule has 1 atom stereocenters. The lowest BCUT2D eigenvalue weighted by Gasteiger charge is -2.17. The molecule has 0 radical (unpaired) electrons. The maximum absolute atomic E-state index is 12.8. The third-order valence-corrected chi connectivity index (χ3v) is 5.49. The van der Waals surface area contributed by atoms with Gasteiger partial charge in [-0.15, -0.1) is 0 Å². The quantitative estimate of drug-likeness (QED) is 0.361. The Morgan fingerprint density at radius 3 is 2.35 bits per heavy atom. The van der Waals surface area contributed by atoms with Crippen molar-refractivity contribution in [1.29, 1.82) is 0 Å². The van der Waals surface area contributed by atoms with Crippen LogP contribution in [0.25, 0.3) is 11.0 Å². The van der Waals surface area contributed by atoms with E-state index in [0.29, 0.717) is 36.8 Å². The minimum atomic E-state index is -0.308. The predicted molar refractivity (Wildman–Crippen MR) is 132 cm³/mol. The minimum Gasteiger partial charge on any atom is -0.497 e. The van der Waals surface area contributed by atoms with Gasteiger partial charge in [0.25, 0.3) is 5.91 Å². The highest BCUT2D eigenvalue weighted by Gasteiger charge is 2.19. The fourth-order valence-electron chi connectivity index (χ4n) is 3.84. The van der Waals surface area contributed by atoms with E-state index in [1.807, 2.05) is 62.4 Å². The van der Waals surface area contributed by atoms with Crippen LogP contribution in [0, 0.1) is 0 Å². The molecule has 0 saturated heterocycles. The SMILES string of the molecule is CCOc1ccccc1OCCn1c(C(C)NC(=O)c2ccc(OC)cc2)nc2ccccc21. The molecule has 7 heteroatoms. The van der Waals surface area contributed by atoms with Crippen LogP contribution in [-0.2, 0) is 6.54 Å². The number of carbonyl (C=O) groups is 1. The van der Waals surface area contributed by atoms with E-state index in [9.17, 15) is 4.79 Å². The third-order valence-electron chi connectivity index (χ3n) is 5.49. The van der Waals surface area contributed by atoms with Crippen molar-refractivity contribution in [2.24, 2.45) is 0 Å². The number of nitrogens with zero attached hydrogens (tertiary/aromatic N) is 2. The zero-order chi connectivity index (χ0) is 23.9. The second-order valence-electron chi connectivity index (χ2n) is 7.76. The number of nitrogens with one attached hydrogen (secondary N) is 1. The zero-order valence-electron chi connectivity index (χ0n) is 19.7. The third kappa shape index (κ3) is 5.14. The number of hydrogen-bond acceptors (Lipinski definition) is 5. The number of benzene rings is 3. The number of aromatic nitrogens is 2. The number of amides is 1. The Morgan fingerprint density at radius 1 is 0.971 bits per heavy atom. The van der Waals surface area contributed by atoms with Gasteiger partial charge in [-0.25, -0.2) is 4.98 Å². The van der Waals surface area contributed by atoms with Crippen LogP contribution < -0.4 is 19.5 Å². The molecular weight excluding hydrogens is 430 g/mol. The predicted octanol–water partition coefficient (Wildman–Crippen LogP) is 5.01. The summed E-state index contributed by atoms with van der Waals surface area (Å²) in [6.45, 7) is 5.45. The van der Waals surface area contributed by atoms with E-state index in [1.54, 1.807) is 31.4 Å². The monoisotopic (exact) mass is 459 g/mol. The molecule has 0 spiro atoms. The van der Waals surface area contributed by atoms with E-state index in [4.69, 9.17) is 19.2 Å². The molecule has 1 N–H and O–H groups in total. The number of hydrogen-bond donors (Lipinski definition) is 1. The van der Waals surface area contributed by atoms with Crippen LogP contribution in [0.3, 0.4) is 0 Å². The molecule has 176 valence electrons. The van der Waals surface area contributed by atoms with Crippen LogP contribution in [-0.4, -0.2) is 35.8 Å². The van der Waals surface area contributed by atoms with Gasteiger partial charge in [0.1, 0.15) is 18.2 Å². The standard InChI is InChI=1S/C27H29N3O4/c1-4-33-24-11-7-8-12-25(24)34-18-17-30-23-10-6-5-9-22(23)29-26(30)19(2)28-27(31)20-13-15-21(32-3)16-14-20/h5-16,19H,4,17-18H2,1-3H3,(H,28,31). The Hall–Kier alpha value is -4.00. The van der Waals surface area contributed by atoms with Gasteiger partial charge in [-0.1, -0.05) is 24.3 Å². The number of rotatable bonds is 10. The summed E-state index contributed by atoms with van der Waals surface area (Å²) in [5.41, 5.74) is 2.42. The zero-order valence-corrected chi connectivity index (χ0v) is 19.7. The Kier molecular flexibility index (Phi) is 7.32. The number of para-hydroxylation sites is 4. The van der Waals surface area contributed by atoms with Gasteiger partial charge in [0.2, 0.25) is 0 Å². The van der Waals surface area contributed by atoms with Crippen LogP contribution >= 0.6 is 0 Å². The number of carbonyl (C=O) groups excluding carboxylic acids is 1. The molecule has 1 heterocycles. The topological polar surface area (TPSA) is 74.6 Å². The maximum Gasteiger partial charge on any atom is 0.251 e. The van der Waals surface area contributed by atoms with E-state index < -0.39 is 0 Å². The molecule has 1 amide bonds. The first-order valence-electron chi connectivity index (χ1n) is 11.4. The van der Waals surface area contributed by atoms with Crippen LogP contribution in [0.4, 0.5) is 0 Å². The fourth-order valence-corrected chi connectivity index (χ4v) is 3.84. The van der Waals surface area contributed by atoms with Crippen molar-refractivity contribution in [3.05, 3.63) is 84.2 Å². The largest absolute Gasteiger partial charge is 0.497 e. The van der Waals surface area contributed by atoms with Gasteiger partial charge in [-0.3, -0.25) is 4.79 Å². The number of methoxy groups -OCH3 is 1. The van der Waals surface area contributed by atoms with Crippen LogP contribution in [0.5, 0.6) is 17.2 Å². The second kappa shape index (κ2) is 10.7. The lowest BCUT2D eigenvalue weighted by Crippen LogP contribution is -2.29. The van der Waals surface area contributed by atoms with Crippen molar-refractivity contribution in [3.63, 3.8) is 0 Å². The number of imidazole rings is 1. The van der Waals surface area contributed by atoms with Crippen LogP contribution in [0.15, 0.2) is 72.8 Å². The summed E-state index contributed by atoms with van der Waals surface area (Å²) in [5, 5.41) is 3.06. The molecular formula is C27H29N3O4. The highest BCUT2D eigenvalue weighted by molar-refractivity contribution is 5.94. The van der Waals surface area contributed by atoms with Crippen molar-refractivity contribution in [2.45, 2.75) is 26.4 Å². The molecule has 3 aromatic carbocycles. The highest BCUT2D eigenvalue weighted by Crippen LogP contribution is 2.27. The molecule has 4 aromatic rings. The Labute approximate surface area is 199 Å². The van der Waals surface area contributed by atoms with Crippen LogP contribution in [0.2, 0.25) is 0 Å². The van der Waals surface area contributed by atoms with Crippen molar-refractivity contribution in [1.82, 2.24) is 14.9 Å². The summed E-state index contributed by atoms with van der Waals surface area (Å²) >= 11 is 0. The molecule has 0 fully saturated rings. The lowest BCUT2D eigenvalue weighted by atomic mass is 10.2. The van der Waals surface area contributed by atoms with Crippen LogP contribution in [0.1, 0.15) is 36.1 Å². The van der Waals surface area contributed by atoms with E-state index in [2.05, 4.69) is 9.88 Å².